The molecule has 0 aromatic rings. The van der Waals surface area contributed by atoms with Gasteiger partial charge in [-0.3, -0.25) is 4.99 Å². The van der Waals surface area contributed by atoms with Crippen LogP contribution in [0.5, 0.6) is 0 Å². The van der Waals surface area contributed by atoms with Crippen LogP contribution in [0.1, 0.15) is 51.4 Å². The molecule has 0 aromatic carbocycles. The van der Waals surface area contributed by atoms with Gasteiger partial charge in [-0.15, -0.1) is 0 Å². The Labute approximate surface area is 110 Å². The molecule has 2 fully saturated rings. The summed E-state index contributed by atoms with van der Waals surface area (Å²) < 4.78 is 5.49. The Morgan fingerprint density at radius 3 is 2.50 bits per heavy atom. The molecule has 2 aliphatic carbocycles. The Kier molecular flexibility index (Phi) is 3.22. The van der Waals surface area contributed by atoms with E-state index in [0.29, 0.717) is 12.1 Å². The quantitative estimate of drug-likeness (QED) is 0.815. The lowest BCUT2D eigenvalue weighted by atomic mass is 9.79. The fourth-order valence-electron chi connectivity index (χ4n) is 4.12. The minimum Gasteiger partial charge on any atom is -0.381 e. The molecule has 1 aliphatic heterocycles. The number of nitrogens with zero attached hydrogens (tertiary/aromatic N) is 2. The molecule has 0 unspecified atom stereocenters. The maximum Gasteiger partial charge on any atom is 0.192 e. The lowest BCUT2D eigenvalue weighted by molar-refractivity contribution is 0.0134. The first-order chi connectivity index (χ1) is 8.75. The van der Waals surface area contributed by atoms with Crippen LogP contribution in [0.3, 0.4) is 0 Å². The zero-order valence-corrected chi connectivity index (χ0v) is 11.4. The van der Waals surface area contributed by atoms with Crippen LogP contribution >= 0.6 is 0 Å². The molecule has 0 amide bonds. The van der Waals surface area contributed by atoms with E-state index in [1.807, 2.05) is 7.11 Å². The molecule has 2 N–H and O–H groups in total. The van der Waals surface area contributed by atoms with E-state index in [4.69, 9.17) is 10.5 Å². The van der Waals surface area contributed by atoms with Crippen LogP contribution in [-0.2, 0) is 4.74 Å². The molecule has 18 heavy (non-hydrogen) atoms. The molecule has 4 nitrogen and oxygen atoms in total. The fraction of sp³-hybridized carbons (Fsp3) is 0.929. The molecule has 3 rings (SSSR count). The smallest absolute Gasteiger partial charge is 0.192 e. The van der Waals surface area contributed by atoms with Crippen molar-refractivity contribution in [2.24, 2.45) is 10.7 Å². The van der Waals surface area contributed by atoms with Gasteiger partial charge in [-0.1, -0.05) is 12.8 Å². The molecule has 0 saturated heterocycles. The van der Waals surface area contributed by atoms with Crippen LogP contribution in [0, 0.1) is 0 Å². The summed E-state index contributed by atoms with van der Waals surface area (Å²) in [5, 5.41) is 0. The molecule has 1 spiro atoms. The van der Waals surface area contributed by atoms with Crippen LogP contribution < -0.4 is 5.73 Å². The van der Waals surface area contributed by atoms with Crippen molar-refractivity contribution in [3.8, 4) is 0 Å². The fourth-order valence-corrected chi connectivity index (χ4v) is 4.12. The minimum absolute atomic E-state index is 0.230. The first kappa shape index (κ1) is 12.3. The zero-order chi connectivity index (χ0) is 12.6. The molecule has 4 heteroatoms. The predicted octanol–water partition coefficient (Wildman–Crippen LogP) is 1.89. The number of rotatable bonds is 2. The van der Waals surface area contributed by atoms with Gasteiger partial charge in [0.2, 0.25) is 0 Å². The van der Waals surface area contributed by atoms with E-state index >= 15 is 0 Å². The molecule has 3 aliphatic rings. The largest absolute Gasteiger partial charge is 0.381 e. The third-order valence-corrected chi connectivity index (χ3v) is 5.18. The highest BCUT2D eigenvalue weighted by atomic mass is 16.5. The second-order valence-electron chi connectivity index (χ2n) is 6.14. The van der Waals surface area contributed by atoms with Gasteiger partial charge in [0.05, 0.1) is 18.2 Å². The number of methoxy groups -OCH3 is 1. The van der Waals surface area contributed by atoms with E-state index in [-0.39, 0.29) is 5.54 Å². The zero-order valence-electron chi connectivity index (χ0n) is 11.4. The van der Waals surface area contributed by atoms with Gasteiger partial charge >= 0.3 is 0 Å². The summed E-state index contributed by atoms with van der Waals surface area (Å²) in [7, 11) is 1.83. The lowest BCUT2D eigenvalue weighted by Crippen LogP contribution is -2.57. The average Bonchev–Trinajstić information content (AvgIpc) is 3.00. The lowest BCUT2D eigenvalue weighted by Gasteiger charge is -2.46. The molecule has 1 heterocycles. The highest BCUT2D eigenvalue weighted by molar-refractivity contribution is 5.81. The van der Waals surface area contributed by atoms with E-state index in [0.717, 1.165) is 25.3 Å². The van der Waals surface area contributed by atoms with E-state index in [1.165, 1.54) is 38.5 Å². The van der Waals surface area contributed by atoms with Crippen LogP contribution in [-0.4, -0.2) is 42.2 Å². The molecule has 0 aromatic heterocycles. The summed E-state index contributed by atoms with van der Waals surface area (Å²) in [4.78, 5) is 7.06. The normalized spacial score (nSPS) is 37.5. The maximum absolute atomic E-state index is 6.18. The van der Waals surface area contributed by atoms with Crippen LogP contribution in [0.15, 0.2) is 4.99 Å². The first-order valence-corrected chi connectivity index (χ1v) is 7.37. The van der Waals surface area contributed by atoms with Gasteiger partial charge in [-0.2, -0.15) is 0 Å². The summed E-state index contributed by atoms with van der Waals surface area (Å²) in [5.41, 5.74) is 6.41. The van der Waals surface area contributed by atoms with Crippen molar-refractivity contribution in [1.29, 1.82) is 0 Å². The van der Waals surface area contributed by atoms with Crippen molar-refractivity contribution in [2.45, 2.75) is 69.1 Å². The SMILES string of the molecule is COC1CCC2(CC1)CN=C(N)N2C1CCCC1. The molecule has 0 atom stereocenters. The third kappa shape index (κ3) is 1.91. The molecule has 2 saturated carbocycles. The monoisotopic (exact) mass is 251 g/mol. The second-order valence-corrected chi connectivity index (χ2v) is 6.14. The second kappa shape index (κ2) is 4.72. The van der Waals surface area contributed by atoms with Gasteiger partial charge in [-0.05, 0) is 38.5 Å². The summed E-state index contributed by atoms with van der Waals surface area (Å²) in [6, 6.07) is 0.648. The number of nitrogens with two attached hydrogens (primary N) is 1. The van der Waals surface area contributed by atoms with Gasteiger partial charge in [0.15, 0.2) is 5.96 Å². The molecular formula is C14H25N3O. The highest BCUT2D eigenvalue weighted by Gasteiger charge is 2.47. The Bertz CT molecular complexity index is 328. The van der Waals surface area contributed by atoms with Gasteiger partial charge in [0, 0.05) is 13.2 Å². The molecule has 0 radical (unpaired) electrons. The topological polar surface area (TPSA) is 50.9 Å². The van der Waals surface area contributed by atoms with Crippen molar-refractivity contribution in [3.05, 3.63) is 0 Å². The van der Waals surface area contributed by atoms with Crippen LogP contribution in [0.25, 0.3) is 0 Å². The summed E-state index contributed by atoms with van der Waals surface area (Å²) in [6.07, 6.45) is 10.4. The van der Waals surface area contributed by atoms with Gasteiger partial charge < -0.3 is 15.4 Å². The maximum atomic E-state index is 6.18. The van der Waals surface area contributed by atoms with Crippen molar-refractivity contribution in [2.75, 3.05) is 13.7 Å². The van der Waals surface area contributed by atoms with Crippen LogP contribution in [0.2, 0.25) is 0 Å². The number of hydrogen-bond acceptors (Lipinski definition) is 4. The number of aliphatic imine (C=N–C) groups is 1. The molecular weight excluding hydrogens is 226 g/mol. The van der Waals surface area contributed by atoms with E-state index in [1.54, 1.807) is 0 Å². The number of guanidine groups is 1. The van der Waals surface area contributed by atoms with Crippen molar-refractivity contribution >= 4 is 5.96 Å². The Balaban J connectivity index is 1.75. The summed E-state index contributed by atoms with van der Waals surface area (Å²) in [5.74, 6) is 0.803. The third-order valence-electron chi connectivity index (χ3n) is 5.18. The summed E-state index contributed by atoms with van der Waals surface area (Å²) >= 11 is 0. The molecule has 102 valence electrons. The standard InChI is InChI=1S/C14H25N3O/c1-18-12-6-8-14(9-7-12)10-16-13(15)17(14)11-4-2-3-5-11/h11-12H,2-10H2,1H3,(H2,15,16). The van der Waals surface area contributed by atoms with Crippen molar-refractivity contribution in [3.63, 3.8) is 0 Å². The highest BCUT2D eigenvalue weighted by Crippen LogP contribution is 2.41. The van der Waals surface area contributed by atoms with Crippen molar-refractivity contribution < 1.29 is 4.74 Å². The first-order valence-electron chi connectivity index (χ1n) is 7.37. The van der Waals surface area contributed by atoms with Crippen molar-refractivity contribution in [1.82, 2.24) is 4.90 Å². The Hall–Kier alpha value is -0.770. The van der Waals surface area contributed by atoms with Gasteiger partial charge in [0.1, 0.15) is 0 Å². The Morgan fingerprint density at radius 1 is 1.22 bits per heavy atom. The van der Waals surface area contributed by atoms with E-state index in [2.05, 4.69) is 9.89 Å². The predicted molar refractivity (Wildman–Crippen MR) is 72.6 cm³/mol. The number of hydrogen-bond donors (Lipinski definition) is 1. The van der Waals surface area contributed by atoms with Gasteiger partial charge in [-0.25, -0.2) is 0 Å². The van der Waals surface area contributed by atoms with E-state index < -0.39 is 0 Å². The average molecular weight is 251 g/mol. The van der Waals surface area contributed by atoms with Gasteiger partial charge in [0.25, 0.3) is 0 Å². The number of ether oxygens (including phenoxy) is 1. The summed E-state index contributed by atoms with van der Waals surface area (Å²) in [6.45, 7) is 0.908. The minimum atomic E-state index is 0.230. The molecule has 0 bridgehead atoms. The Morgan fingerprint density at radius 2 is 1.89 bits per heavy atom. The van der Waals surface area contributed by atoms with Crippen LogP contribution in [0.4, 0.5) is 0 Å². The van der Waals surface area contributed by atoms with E-state index in [9.17, 15) is 0 Å².